The molecule has 0 aromatic carbocycles. The summed E-state index contributed by atoms with van der Waals surface area (Å²) in [5.41, 5.74) is 1.17. The molecule has 120 valence electrons. The monoisotopic (exact) mass is 313 g/mol. The molecule has 1 heterocycles. The molecule has 5 nitrogen and oxygen atoms in total. The third kappa shape index (κ3) is 4.31. The first-order chi connectivity index (χ1) is 9.76. The Hall–Kier alpha value is -0.850. The van der Waals surface area contributed by atoms with E-state index in [1.807, 2.05) is 11.5 Å². The van der Waals surface area contributed by atoms with E-state index in [4.69, 9.17) is 0 Å². The summed E-state index contributed by atoms with van der Waals surface area (Å²) in [6.07, 6.45) is 3.94. The highest BCUT2D eigenvalue weighted by Gasteiger charge is 2.38. The number of aromatic nitrogens is 1. The zero-order valence-electron chi connectivity index (χ0n) is 13.4. The average molecular weight is 313 g/mol. The fourth-order valence-corrected chi connectivity index (χ4v) is 3.43. The first-order valence-electron chi connectivity index (χ1n) is 7.68. The number of nitrogens with one attached hydrogen (secondary N) is 2. The van der Waals surface area contributed by atoms with Gasteiger partial charge >= 0.3 is 0 Å². The Morgan fingerprint density at radius 2 is 2.05 bits per heavy atom. The third-order valence-corrected chi connectivity index (χ3v) is 5.46. The van der Waals surface area contributed by atoms with Gasteiger partial charge in [0, 0.05) is 37.6 Å². The topological polar surface area (TPSA) is 63.1 Å². The molecule has 0 atom stereocenters. The summed E-state index contributed by atoms with van der Waals surface area (Å²) in [6.45, 7) is 10.3. The van der Waals surface area contributed by atoms with Gasteiger partial charge in [0.15, 0.2) is 0 Å². The molecule has 1 aliphatic rings. The molecule has 2 rings (SSSR count). The van der Waals surface area contributed by atoms with Crippen molar-refractivity contribution in [3.05, 3.63) is 18.0 Å². The van der Waals surface area contributed by atoms with Crippen molar-refractivity contribution in [3.8, 4) is 0 Å². The van der Waals surface area contributed by atoms with Gasteiger partial charge in [-0.05, 0) is 31.2 Å². The fraction of sp³-hybridized carbons (Fsp3) is 0.733. The maximum atomic E-state index is 12.4. The van der Waals surface area contributed by atoms with Gasteiger partial charge in [0.25, 0.3) is 0 Å². The van der Waals surface area contributed by atoms with E-state index in [1.165, 1.54) is 0 Å². The van der Waals surface area contributed by atoms with E-state index in [-0.39, 0.29) is 5.41 Å². The van der Waals surface area contributed by atoms with E-state index < -0.39 is 10.0 Å². The van der Waals surface area contributed by atoms with E-state index in [9.17, 15) is 8.42 Å². The summed E-state index contributed by atoms with van der Waals surface area (Å²) in [7, 11) is -3.40. The number of aryl methyl sites for hydroxylation is 1. The van der Waals surface area contributed by atoms with Gasteiger partial charge in [-0.25, -0.2) is 13.1 Å². The van der Waals surface area contributed by atoms with Crippen molar-refractivity contribution < 1.29 is 8.42 Å². The molecule has 1 aromatic rings. The Morgan fingerprint density at radius 1 is 1.38 bits per heavy atom. The van der Waals surface area contributed by atoms with Crippen LogP contribution in [0.3, 0.4) is 0 Å². The minimum Gasteiger partial charge on any atom is -0.349 e. The number of hydrogen-bond donors (Lipinski definition) is 2. The van der Waals surface area contributed by atoms with Crippen LogP contribution in [0.25, 0.3) is 0 Å². The molecule has 21 heavy (non-hydrogen) atoms. The van der Waals surface area contributed by atoms with E-state index in [1.54, 1.807) is 12.3 Å². The molecule has 0 saturated heterocycles. The smallest absolute Gasteiger partial charge is 0.242 e. The fourth-order valence-electron chi connectivity index (χ4n) is 2.17. The molecule has 6 heteroatoms. The second-order valence-electron chi connectivity index (χ2n) is 6.62. The minimum atomic E-state index is -3.40. The highest BCUT2D eigenvalue weighted by atomic mass is 32.2. The van der Waals surface area contributed by atoms with Crippen molar-refractivity contribution in [3.63, 3.8) is 0 Å². The van der Waals surface area contributed by atoms with E-state index in [0.717, 1.165) is 25.1 Å². The highest BCUT2D eigenvalue weighted by molar-refractivity contribution is 7.89. The van der Waals surface area contributed by atoms with Crippen molar-refractivity contribution in [2.24, 2.45) is 5.41 Å². The Balaban J connectivity index is 2.10. The Kier molecular flexibility index (Phi) is 4.80. The van der Waals surface area contributed by atoms with Gasteiger partial charge in [-0.3, -0.25) is 0 Å². The van der Waals surface area contributed by atoms with Crippen LogP contribution in [0.5, 0.6) is 0 Å². The second kappa shape index (κ2) is 6.10. The number of sulfonamides is 1. The lowest BCUT2D eigenvalue weighted by Crippen LogP contribution is -2.28. The van der Waals surface area contributed by atoms with Crippen molar-refractivity contribution >= 4 is 10.0 Å². The maximum Gasteiger partial charge on any atom is 0.242 e. The molecule has 1 fully saturated rings. The normalized spacial score (nSPS) is 17.4. The zero-order chi connectivity index (χ0) is 15.7. The van der Waals surface area contributed by atoms with Crippen LogP contribution in [-0.2, 0) is 23.1 Å². The minimum absolute atomic E-state index is 0.169. The largest absolute Gasteiger partial charge is 0.349 e. The molecule has 0 bridgehead atoms. The van der Waals surface area contributed by atoms with Crippen LogP contribution in [0.1, 0.15) is 46.2 Å². The second-order valence-corrected chi connectivity index (χ2v) is 8.39. The van der Waals surface area contributed by atoms with E-state index in [2.05, 4.69) is 30.8 Å². The summed E-state index contributed by atoms with van der Waals surface area (Å²) in [5.74, 6) is 0. The van der Waals surface area contributed by atoms with Crippen molar-refractivity contribution in [2.75, 3.05) is 6.54 Å². The molecule has 1 aromatic heterocycles. The molecule has 0 radical (unpaired) electrons. The average Bonchev–Trinajstić information content (AvgIpc) is 3.01. The van der Waals surface area contributed by atoms with Crippen LogP contribution in [0.2, 0.25) is 0 Å². The van der Waals surface area contributed by atoms with Crippen molar-refractivity contribution in [2.45, 2.75) is 64.6 Å². The molecule has 0 unspecified atom stereocenters. The van der Waals surface area contributed by atoms with Gasteiger partial charge < -0.3 is 9.88 Å². The molecule has 0 spiro atoms. The van der Waals surface area contributed by atoms with Gasteiger partial charge in [0.1, 0.15) is 0 Å². The van der Waals surface area contributed by atoms with Crippen LogP contribution in [-0.4, -0.2) is 25.6 Å². The Bertz CT molecular complexity index is 586. The number of rotatable bonds is 8. The standard InChI is InChI=1S/C15H27N3O2S/c1-5-18-10-14(8-13(18)9-16-12(2)3)21(19,20)17-11-15(4)6-7-15/h8,10,12,16-17H,5-7,9,11H2,1-4H3. The van der Waals surface area contributed by atoms with Crippen molar-refractivity contribution in [1.29, 1.82) is 0 Å². The summed E-state index contributed by atoms with van der Waals surface area (Å²) >= 11 is 0. The summed E-state index contributed by atoms with van der Waals surface area (Å²) < 4.78 is 29.5. The lowest BCUT2D eigenvalue weighted by molar-refractivity contribution is 0.530. The first kappa shape index (κ1) is 16.5. The van der Waals surface area contributed by atoms with Gasteiger partial charge in [-0.1, -0.05) is 20.8 Å². The summed E-state index contributed by atoms with van der Waals surface area (Å²) in [6, 6.07) is 2.15. The molecule has 1 aliphatic carbocycles. The SMILES string of the molecule is CCn1cc(S(=O)(=O)NCC2(C)CC2)cc1CNC(C)C. The molecular weight excluding hydrogens is 286 g/mol. The molecule has 0 amide bonds. The molecule has 2 N–H and O–H groups in total. The van der Waals surface area contributed by atoms with Gasteiger partial charge in [-0.15, -0.1) is 0 Å². The van der Waals surface area contributed by atoms with Crippen LogP contribution >= 0.6 is 0 Å². The van der Waals surface area contributed by atoms with Gasteiger partial charge in [0.2, 0.25) is 10.0 Å². The Labute approximate surface area is 128 Å². The maximum absolute atomic E-state index is 12.4. The summed E-state index contributed by atoms with van der Waals surface area (Å²) in [4.78, 5) is 0.370. The van der Waals surface area contributed by atoms with Crippen molar-refractivity contribution in [1.82, 2.24) is 14.6 Å². The number of hydrogen-bond acceptors (Lipinski definition) is 3. The molecule has 0 aliphatic heterocycles. The van der Waals surface area contributed by atoms with Crippen LogP contribution in [0, 0.1) is 5.41 Å². The van der Waals surface area contributed by atoms with Gasteiger partial charge in [-0.2, -0.15) is 0 Å². The zero-order valence-corrected chi connectivity index (χ0v) is 14.3. The Morgan fingerprint density at radius 3 is 2.57 bits per heavy atom. The molecular formula is C15H27N3O2S. The van der Waals surface area contributed by atoms with E-state index >= 15 is 0 Å². The van der Waals surface area contributed by atoms with Crippen LogP contribution in [0.4, 0.5) is 0 Å². The first-order valence-corrected chi connectivity index (χ1v) is 9.16. The number of nitrogens with zero attached hydrogens (tertiary/aromatic N) is 1. The third-order valence-electron chi connectivity index (χ3n) is 4.10. The highest BCUT2D eigenvalue weighted by Crippen LogP contribution is 2.44. The van der Waals surface area contributed by atoms with Gasteiger partial charge in [0.05, 0.1) is 4.90 Å². The quantitative estimate of drug-likeness (QED) is 0.772. The molecule has 1 saturated carbocycles. The van der Waals surface area contributed by atoms with E-state index in [0.29, 0.717) is 24.0 Å². The van der Waals surface area contributed by atoms with Crippen LogP contribution < -0.4 is 10.0 Å². The summed E-state index contributed by atoms with van der Waals surface area (Å²) in [5, 5.41) is 3.33. The predicted molar refractivity (Wildman–Crippen MR) is 84.6 cm³/mol. The lowest BCUT2D eigenvalue weighted by atomic mass is 10.2. The predicted octanol–water partition coefficient (Wildman–Crippen LogP) is 2.08. The lowest BCUT2D eigenvalue weighted by Gasteiger charge is -2.09. The van der Waals surface area contributed by atoms with Crippen LogP contribution in [0.15, 0.2) is 17.2 Å².